The zero-order chi connectivity index (χ0) is 12.5. The second kappa shape index (κ2) is 4.53. The molecular formula is C14H18N4. The Hall–Kier alpha value is -1.68. The van der Waals surface area contributed by atoms with Gasteiger partial charge in [0.05, 0.1) is 5.92 Å². The van der Waals surface area contributed by atoms with Crippen molar-refractivity contribution in [1.82, 2.24) is 20.1 Å². The predicted octanol–water partition coefficient (Wildman–Crippen LogP) is 2.09. The number of hydrogen-bond acceptors (Lipinski definition) is 3. The van der Waals surface area contributed by atoms with Crippen molar-refractivity contribution in [3.05, 3.63) is 47.5 Å². The van der Waals surface area contributed by atoms with Gasteiger partial charge in [0.25, 0.3) is 0 Å². The lowest BCUT2D eigenvalue weighted by Crippen LogP contribution is -2.30. The van der Waals surface area contributed by atoms with Gasteiger partial charge < -0.3 is 9.88 Å². The molecule has 2 heterocycles. The minimum absolute atomic E-state index is 0.305. The summed E-state index contributed by atoms with van der Waals surface area (Å²) in [5, 5.41) is 11.9. The van der Waals surface area contributed by atoms with Gasteiger partial charge in [0.15, 0.2) is 0 Å². The first kappa shape index (κ1) is 11.4. The van der Waals surface area contributed by atoms with Crippen molar-refractivity contribution < 1.29 is 0 Å². The van der Waals surface area contributed by atoms with Crippen LogP contribution in [0.4, 0.5) is 0 Å². The third kappa shape index (κ3) is 1.82. The Morgan fingerprint density at radius 1 is 1.33 bits per heavy atom. The Labute approximate surface area is 107 Å². The predicted molar refractivity (Wildman–Crippen MR) is 70.4 cm³/mol. The number of benzene rings is 1. The van der Waals surface area contributed by atoms with E-state index in [2.05, 4.69) is 58.2 Å². The van der Waals surface area contributed by atoms with Crippen LogP contribution in [0, 0.1) is 0 Å². The van der Waals surface area contributed by atoms with Gasteiger partial charge in [0.1, 0.15) is 12.2 Å². The number of rotatable bonds is 2. The monoisotopic (exact) mass is 242 g/mol. The van der Waals surface area contributed by atoms with Crippen LogP contribution in [0.1, 0.15) is 42.8 Å². The van der Waals surface area contributed by atoms with E-state index in [0.29, 0.717) is 12.0 Å². The zero-order valence-electron chi connectivity index (χ0n) is 10.8. The molecule has 1 atom stereocenters. The molecule has 0 aliphatic carbocycles. The standard InChI is InChI=1S/C14H18N4/c1-10(2)18-9-16-17-14(18)13-8-15-7-11-5-3-4-6-12(11)13/h3-6,9-10,13,15H,7-8H2,1-2H3. The second-order valence-electron chi connectivity index (χ2n) is 5.07. The molecule has 0 bridgehead atoms. The van der Waals surface area contributed by atoms with E-state index in [4.69, 9.17) is 0 Å². The molecule has 1 aromatic carbocycles. The molecule has 0 spiro atoms. The Kier molecular flexibility index (Phi) is 2.88. The highest BCUT2D eigenvalue weighted by Crippen LogP contribution is 2.29. The van der Waals surface area contributed by atoms with Crippen LogP contribution >= 0.6 is 0 Å². The molecule has 2 aromatic rings. The summed E-state index contributed by atoms with van der Waals surface area (Å²) >= 11 is 0. The fourth-order valence-corrected chi connectivity index (χ4v) is 2.63. The molecule has 0 radical (unpaired) electrons. The van der Waals surface area contributed by atoms with Crippen molar-refractivity contribution >= 4 is 0 Å². The maximum absolute atomic E-state index is 4.33. The van der Waals surface area contributed by atoms with Gasteiger partial charge >= 0.3 is 0 Å². The summed E-state index contributed by atoms with van der Waals surface area (Å²) in [5.74, 6) is 1.37. The third-order valence-electron chi connectivity index (χ3n) is 3.56. The van der Waals surface area contributed by atoms with Gasteiger partial charge in [0.2, 0.25) is 0 Å². The number of nitrogens with one attached hydrogen (secondary N) is 1. The van der Waals surface area contributed by atoms with Crippen LogP contribution < -0.4 is 5.32 Å². The van der Waals surface area contributed by atoms with Gasteiger partial charge in [-0.15, -0.1) is 10.2 Å². The summed E-state index contributed by atoms with van der Waals surface area (Å²) in [6.07, 6.45) is 1.83. The number of aromatic nitrogens is 3. The van der Waals surface area contributed by atoms with Gasteiger partial charge in [-0.05, 0) is 25.0 Å². The minimum Gasteiger partial charge on any atom is -0.314 e. The molecule has 0 fully saturated rings. The largest absolute Gasteiger partial charge is 0.314 e. The van der Waals surface area contributed by atoms with Crippen LogP contribution in [-0.2, 0) is 6.54 Å². The maximum atomic E-state index is 4.33. The van der Waals surface area contributed by atoms with Crippen LogP contribution in [0.25, 0.3) is 0 Å². The highest BCUT2D eigenvalue weighted by Gasteiger charge is 2.25. The lowest BCUT2D eigenvalue weighted by Gasteiger charge is -2.26. The summed E-state index contributed by atoms with van der Waals surface area (Å²) in [7, 11) is 0. The van der Waals surface area contributed by atoms with E-state index < -0.39 is 0 Å². The van der Waals surface area contributed by atoms with Gasteiger partial charge in [-0.2, -0.15) is 0 Å². The molecule has 0 amide bonds. The van der Waals surface area contributed by atoms with E-state index in [1.807, 2.05) is 6.33 Å². The van der Waals surface area contributed by atoms with Crippen molar-refractivity contribution in [1.29, 1.82) is 0 Å². The summed E-state index contributed by atoms with van der Waals surface area (Å²) in [6.45, 7) is 6.20. The van der Waals surface area contributed by atoms with E-state index in [1.54, 1.807) is 0 Å². The molecule has 1 N–H and O–H groups in total. The average molecular weight is 242 g/mol. The smallest absolute Gasteiger partial charge is 0.141 e. The first-order valence-corrected chi connectivity index (χ1v) is 6.45. The molecule has 94 valence electrons. The fourth-order valence-electron chi connectivity index (χ4n) is 2.63. The van der Waals surface area contributed by atoms with Crippen LogP contribution in [0.15, 0.2) is 30.6 Å². The summed E-state index contributed by atoms with van der Waals surface area (Å²) in [5.41, 5.74) is 2.75. The average Bonchev–Trinajstić information content (AvgIpc) is 2.87. The maximum Gasteiger partial charge on any atom is 0.141 e. The normalized spacial score (nSPS) is 18.9. The van der Waals surface area contributed by atoms with E-state index in [-0.39, 0.29) is 0 Å². The molecule has 1 aliphatic heterocycles. The highest BCUT2D eigenvalue weighted by molar-refractivity contribution is 5.36. The quantitative estimate of drug-likeness (QED) is 0.877. The molecule has 1 unspecified atom stereocenters. The zero-order valence-corrected chi connectivity index (χ0v) is 10.8. The Bertz CT molecular complexity index is 544. The summed E-state index contributed by atoms with van der Waals surface area (Å²) in [6, 6.07) is 8.98. The number of nitrogens with zero attached hydrogens (tertiary/aromatic N) is 3. The summed E-state index contributed by atoms with van der Waals surface area (Å²) < 4.78 is 2.16. The van der Waals surface area contributed by atoms with Crippen molar-refractivity contribution in [2.75, 3.05) is 6.54 Å². The van der Waals surface area contributed by atoms with Crippen molar-refractivity contribution in [3.63, 3.8) is 0 Å². The van der Waals surface area contributed by atoms with Gasteiger partial charge in [-0.1, -0.05) is 24.3 Å². The lowest BCUT2D eigenvalue weighted by molar-refractivity contribution is 0.510. The van der Waals surface area contributed by atoms with E-state index in [0.717, 1.165) is 18.9 Å². The van der Waals surface area contributed by atoms with E-state index in [1.165, 1.54) is 11.1 Å². The van der Waals surface area contributed by atoms with Crippen LogP contribution in [0.3, 0.4) is 0 Å². The topological polar surface area (TPSA) is 42.7 Å². The van der Waals surface area contributed by atoms with Gasteiger partial charge in [0, 0.05) is 19.1 Å². The molecule has 4 heteroatoms. The van der Waals surface area contributed by atoms with Crippen molar-refractivity contribution in [2.45, 2.75) is 32.4 Å². The SMILES string of the molecule is CC(C)n1cnnc1C1CNCc2ccccc21. The molecule has 3 rings (SSSR count). The first-order valence-electron chi connectivity index (χ1n) is 6.45. The molecule has 18 heavy (non-hydrogen) atoms. The molecule has 1 aliphatic rings. The third-order valence-corrected chi connectivity index (χ3v) is 3.56. The first-order chi connectivity index (χ1) is 8.77. The molecular weight excluding hydrogens is 224 g/mol. The van der Waals surface area contributed by atoms with Crippen LogP contribution in [0.2, 0.25) is 0 Å². The molecule has 4 nitrogen and oxygen atoms in total. The number of hydrogen-bond donors (Lipinski definition) is 1. The fraction of sp³-hybridized carbons (Fsp3) is 0.429. The second-order valence-corrected chi connectivity index (χ2v) is 5.07. The molecule has 0 saturated heterocycles. The van der Waals surface area contributed by atoms with E-state index in [9.17, 15) is 0 Å². The molecule has 0 saturated carbocycles. The van der Waals surface area contributed by atoms with Crippen molar-refractivity contribution in [3.8, 4) is 0 Å². The Morgan fingerprint density at radius 3 is 3.00 bits per heavy atom. The van der Waals surface area contributed by atoms with Gasteiger partial charge in [-0.25, -0.2) is 0 Å². The van der Waals surface area contributed by atoms with Crippen LogP contribution in [-0.4, -0.2) is 21.3 Å². The minimum atomic E-state index is 0.305. The Morgan fingerprint density at radius 2 is 2.17 bits per heavy atom. The molecule has 1 aromatic heterocycles. The van der Waals surface area contributed by atoms with Gasteiger partial charge in [-0.3, -0.25) is 0 Å². The summed E-state index contributed by atoms with van der Waals surface area (Å²) in [4.78, 5) is 0. The highest BCUT2D eigenvalue weighted by atomic mass is 15.3. The van der Waals surface area contributed by atoms with Crippen molar-refractivity contribution in [2.24, 2.45) is 0 Å². The van der Waals surface area contributed by atoms with E-state index >= 15 is 0 Å². The van der Waals surface area contributed by atoms with Crippen LogP contribution in [0.5, 0.6) is 0 Å². The number of fused-ring (bicyclic) bond motifs is 1. The Balaban J connectivity index is 2.06. The lowest BCUT2D eigenvalue weighted by atomic mass is 9.90.